The highest BCUT2D eigenvalue weighted by molar-refractivity contribution is 7.89. The van der Waals surface area contributed by atoms with Crippen LogP contribution >= 0.6 is 0 Å². The summed E-state index contributed by atoms with van der Waals surface area (Å²) in [6.07, 6.45) is 0. The maximum atomic E-state index is 12.0. The lowest BCUT2D eigenvalue weighted by atomic mass is 10.1. The summed E-state index contributed by atoms with van der Waals surface area (Å²) >= 11 is 0. The molecule has 1 aromatic carbocycles. The van der Waals surface area contributed by atoms with Crippen LogP contribution in [0.4, 0.5) is 0 Å². The Morgan fingerprint density at radius 1 is 1.10 bits per heavy atom. The number of carbonyl (C=O) groups is 1. The lowest BCUT2D eigenvalue weighted by molar-refractivity contribution is 0.0582. The van der Waals surface area contributed by atoms with Gasteiger partial charge in [0.25, 0.3) is 0 Å². The monoisotopic (exact) mass is 304 g/mol. The number of aliphatic hydroxyl groups excluding tert-OH is 3. The third kappa shape index (κ3) is 3.52. The lowest BCUT2D eigenvalue weighted by Gasteiger charge is -2.28. The van der Waals surface area contributed by atoms with Crippen LogP contribution in [0.15, 0.2) is 29.2 Å². The fourth-order valence-corrected chi connectivity index (χ4v) is 2.77. The van der Waals surface area contributed by atoms with Crippen LogP contribution in [0.2, 0.25) is 0 Å². The van der Waals surface area contributed by atoms with Crippen molar-refractivity contribution in [3.63, 3.8) is 0 Å². The van der Waals surface area contributed by atoms with Crippen LogP contribution in [-0.4, -0.2) is 55.0 Å². The van der Waals surface area contributed by atoms with Gasteiger partial charge in [0, 0.05) is 5.56 Å². The molecule has 0 heterocycles. The summed E-state index contributed by atoms with van der Waals surface area (Å²) in [5.74, 6) is -0.697. The van der Waals surface area contributed by atoms with Gasteiger partial charge in [0.15, 0.2) is 0 Å². The number of rotatable bonds is 7. The number of amides is 1. The summed E-state index contributed by atoms with van der Waals surface area (Å²) in [5, 5.41) is 27.3. The topological polar surface area (TPSA) is 150 Å². The van der Waals surface area contributed by atoms with Crippen LogP contribution in [0.1, 0.15) is 10.4 Å². The van der Waals surface area contributed by atoms with Crippen molar-refractivity contribution in [2.45, 2.75) is 10.4 Å². The van der Waals surface area contributed by atoms with Gasteiger partial charge in [0.1, 0.15) is 5.54 Å². The first kappa shape index (κ1) is 16.5. The number of aliphatic hydroxyl groups is 3. The molecule has 0 spiro atoms. The molecule has 0 saturated heterocycles. The zero-order valence-corrected chi connectivity index (χ0v) is 11.3. The van der Waals surface area contributed by atoms with E-state index in [9.17, 15) is 13.2 Å². The average Bonchev–Trinajstić information content (AvgIpc) is 2.45. The Kier molecular flexibility index (Phi) is 5.20. The lowest BCUT2D eigenvalue weighted by Crippen LogP contribution is -2.56. The predicted octanol–water partition coefficient (Wildman–Crippen LogP) is -2.22. The van der Waals surface area contributed by atoms with Crippen molar-refractivity contribution in [2.75, 3.05) is 19.8 Å². The van der Waals surface area contributed by atoms with Crippen molar-refractivity contribution in [2.24, 2.45) is 5.73 Å². The summed E-state index contributed by atoms with van der Waals surface area (Å²) in [6, 6.07) is 4.77. The van der Waals surface area contributed by atoms with Crippen molar-refractivity contribution in [1.29, 1.82) is 0 Å². The van der Waals surface area contributed by atoms with Crippen molar-refractivity contribution >= 4 is 15.9 Å². The highest BCUT2D eigenvalue weighted by Crippen LogP contribution is 2.14. The highest BCUT2D eigenvalue weighted by Gasteiger charge is 2.33. The van der Waals surface area contributed by atoms with Crippen LogP contribution < -0.4 is 10.5 Å². The van der Waals surface area contributed by atoms with Gasteiger partial charge in [0.2, 0.25) is 15.9 Å². The Morgan fingerprint density at radius 2 is 1.55 bits per heavy atom. The Balaban J connectivity index is 3.07. The Morgan fingerprint density at radius 3 is 1.90 bits per heavy atom. The van der Waals surface area contributed by atoms with E-state index in [0.717, 1.165) is 12.1 Å². The molecule has 0 radical (unpaired) electrons. The van der Waals surface area contributed by atoms with E-state index >= 15 is 0 Å². The van der Waals surface area contributed by atoms with Crippen LogP contribution in [0.25, 0.3) is 0 Å². The SMILES string of the molecule is NC(=O)c1ccc(S(=O)(=O)NC(CO)(CO)CO)cc1. The number of hydrogen-bond donors (Lipinski definition) is 5. The maximum Gasteiger partial charge on any atom is 0.248 e. The number of sulfonamides is 1. The van der Waals surface area contributed by atoms with Gasteiger partial charge < -0.3 is 21.1 Å². The van der Waals surface area contributed by atoms with Crippen molar-refractivity contribution in [3.05, 3.63) is 29.8 Å². The second kappa shape index (κ2) is 6.29. The minimum Gasteiger partial charge on any atom is -0.394 e. The molecule has 0 aliphatic rings. The Labute approximate surface area is 115 Å². The molecule has 9 heteroatoms. The van der Waals surface area contributed by atoms with Gasteiger partial charge in [-0.25, -0.2) is 8.42 Å². The number of hydrogen-bond acceptors (Lipinski definition) is 6. The van der Waals surface area contributed by atoms with Crippen molar-refractivity contribution in [3.8, 4) is 0 Å². The third-order valence-electron chi connectivity index (χ3n) is 2.71. The number of nitrogens with two attached hydrogens (primary N) is 1. The quantitative estimate of drug-likeness (QED) is 0.385. The van der Waals surface area contributed by atoms with Gasteiger partial charge in [-0.1, -0.05) is 0 Å². The molecule has 1 aromatic rings. The summed E-state index contributed by atoms with van der Waals surface area (Å²) < 4.78 is 26.1. The number of primary amides is 1. The van der Waals surface area contributed by atoms with Gasteiger partial charge in [0.05, 0.1) is 24.7 Å². The van der Waals surface area contributed by atoms with Gasteiger partial charge in [-0.05, 0) is 24.3 Å². The average molecular weight is 304 g/mol. The molecular weight excluding hydrogens is 288 g/mol. The third-order valence-corrected chi connectivity index (χ3v) is 4.30. The molecule has 0 fully saturated rings. The summed E-state index contributed by atoms with van der Waals surface area (Å²) in [5.41, 5.74) is 3.41. The molecule has 0 aliphatic heterocycles. The largest absolute Gasteiger partial charge is 0.394 e. The fourth-order valence-electron chi connectivity index (χ4n) is 1.39. The molecule has 0 unspecified atom stereocenters. The molecule has 0 bridgehead atoms. The van der Waals surface area contributed by atoms with Gasteiger partial charge in [-0.15, -0.1) is 0 Å². The van der Waals surface area contributed by atoms with Gasteiger partial charge >= 0.3 is 0 Å². The first-order chi connectivity index (χ1) is 9.30. The van der Waals surface area contributed by atoms with E-state index in [0.29, 0.717) is 0 Å². The van der Waals surface area contributed by atoms with Gasteiger partial charge in [-0.2, -0.15) is 4.72 Å². The molecule has 8 nitrogen and oxygen atoms in total. The van der Waals surface area contributed by atoms with E-state index in [4.69, 9.17) is 21.1 Å². The molecule has 0 atom stereocenters. The van der Waals surface area contributed by atoms with E-state index in [2.05, 4.69) is 0 Å². The maximum absolute atomic E-state index is 12.0. The molecular formula is C11H16N2O6S. The second-order valence-corrected chi connectivity index (χ2v) is 5.93. The summed E-state index contributed by atoms with van der Waals surface area (Å²) in [4.78, 5) is 10.7. The van der Waals surface area contributed by atoms with Crippen LogP contribution in [-0.2, 0) is 10.0 Å². The second-order valence-electron chi connectivity index (χ2n) is 4.25. The molecule has 1 amide bonds. The number of carbonyl (C=O) groups excluding carboxylic acids is 1. The molecule has 0 aromatic heterocycles. The van der Waals surface area contributed by atoms with E-state index in [1.807, 2.05) is 4.72 Å². The highest BCUT2D eigenvalue weighted by atomic mass is 32.2. The van der Waals surface area contributed by atoms with E-state index in [1.54, 1.807) is 0 Å². The smallest absolute Gasteiger partial charge is 0.248 e. The minimum absolute atomic E-state index is 0.140. The van der Waals surface area contributed by atoms with E-state index < -0.39 is 41.3 Å². The molecule has 112 valence electrons. The fraction of sp³-hybridized carbons (Fsp3) is 0.364. The van der Waals surface area contributed by atoms with Crippen molar-refractivity contribution < 1.29 is 28.5 Å². The first-order valence-electron chi connectivity index (χ1n) is 5.57. The first-order valence-corrected chi connectivity index (χ1v) is 7.05. The normalized spacial score (nSPS) is 12.3. The number of nitrogens with one attached hydrogen (secondary N) is 1. The molecule has 0 aliphatic carbocycles. The zero-order chi connectivity index (χ0) is 15.4. The predicted molar refractivity (Wildman–Crippen MR) is 69.3 cm³/mol. The Hall–Kier alpha value is -1.52. The standard InChI is InChI=1S/C11H16N2O6S/c12-10(17)8-1-3-9(4-2-8)20(18,19)13-11(5-14,6-15)7-16/h1-4,13-16H,5-7H2,(H2,12,17). The van der Waals surface area contributed by atoms with E-state index in [1.165, 1.54) is 12.1 Å². The molecule has 20 heavy (non-hydrogen) atoms. The summed E-state index contributed by atoms with van der Waals surface area (Å²) in [6.45, 7) is -2.34. The number of benzene rings is 1. The summed E-state index contributed by atoms with van der Waals surface area (Å²) in [7, 11) is -4.08. The van der Waals surface area contributed by atoms with Crippen LogP contribution in [0.3, 0.4) is 0 Å². The van der Waals surface area contributed by atoms with Crippen molar-refractivity contribution in [1.82, 2.24) is 4.72 Å². The molecule has 6 N–H and O–H groups in total. The zero-order valence-electron chi connectivity index (χ0n) is 10.5. The molecule has 1 rings (SSSR count). The minimum atomic E-state index is -4.08. The molecule has 0 saturated carbocycles. The van der Waals surface area contributed by atoms with E-state index in [-0.39, 0.29) is 10.5 Å². The Bertz CT molecular complexity index is 557. The van der Waals surface area contributed by atoms with Crippen LogP contribution in [0, 0.1) is 0 Å². The van der Waals surface area contributed by atoms with Crippen LogP contribution in [0.5, 0.6) is 0 Å². The van der Waals surface area contributed by atoms with Gasteiger partial charge in [-0.3, -0.25) is 4.79 Å².